The van der Waals surface area contributed by atoms with E-state index in [1.54, 1.807) is 4.90 Å². The highest BCUT2D eigenvalue weighted by atomic mass is 32.1. The standard InChI is InChI=1S/C27H36F3N5O2S/c1-17-14-23(27(28,29)30)32-35(17)15-24(36)34-12-10-19(11-13-34)25-31-21(16-38-25)26(37)33(2)22-9-5-7-18-6-3-4-8-20(18)22/h14,16,18-20,22H,3-13,15H2,1-2H3. The molecule has 0 radical (unpaired) electrons. The van der Waals surface area contributed by atoms with Gasteiger partial charge in [-0.1, -0.05) is 32.1 Å². The van der Waals surface area contributed by atoms with Crippen molar-refractivity contribution in [3.05, 3.63) is 33.5 Å². The minimum Gasteiger partial charge on any atom is -0.341 e. The molecule has 0 N–H and O–H groups in total. The van der Waals surface area contributed by atoms with Crippen molar-refractivity contribution in [2.75, 3.05) is 20.1 Å². The number of thiazole rings is 1. The molecule has 2 aromatic rings. The Balaban J connectivity index is 1.16. The van der Waals surface area contributed by atoms with E-state index in [9.17, 15) is 22.8 Å². The Morgan fingerprint density at radius 1 is 1.08 bits per heavy atom. The van der Waals surface area contributed by atoms with Gasteiger partial charge in [-0.2, -0.15) is 18.3 Å². The third kappa shape index (κ3) is 5.62. The van der Waals surface area contributed by atoms with E-state index in [1.165, 1.54) is 56.8 Å². The van der Waals surface area contributed by atoms with E-state index in [0.29, 0.717) is 49.3 Å². The Bertz CT molecular complexity index is 1150. The van der Waals surface area contributed by atoms with Gasteiger partial charge in [0.2, 0.25) is 5.91 Å². The number of rotatable bonds is 5. The molecule has 0 aromatic carbocycles. The van der Waals surface area contributed by atoms with Crippen molar-refractivity contribution in [2.24, 2.45) is 11.8 Å². The molecule has 0 spiro atoms. The number of likely N-dealkylation sites (tertiary alicyclic amines) is 1. The summed E-state index contributed by atoms with van der Waals surface area (Å²) in [5.74, 6) is 1.28. The van der Waals surface area contributed by atoms with E-state index in [-0.39, 0.29) is 24.3 Å². The van der Waals surface area contributed by atoms with Gasteiger partial charge in [0.15, 0.2) is 5.69 Å². The summed E-state index contributed by atoms with van der Waals surface area (Å²) in [5.41, 5.74) is -0.167. The van der Waals surface area contributed by atoms with E-state index in [1.807, 2.05) is 17.3 Å². The van der Waals surface area contributed by atoms with Gasteiger partial charge in [-0.25, -0.2) is 4.98 Å². The summed E-state index contributed by atoms with van der Waals surface area (Å²) < 4.78 is 39.9. The molecule has 2 amide bonds. The lowest BCUT2D eigenvalue weighted by atomic mass is 9.68. The van der Waals surface area contributed by atoms with Crippen LogP contribution < -0.4 is 0 Å². The van der Waals surface area contributed by atoms with Crippen LogP contribution in [0, 0.1) is 18.8 Å². The molecule has 3 fully saturated rings. The van der Waals surface area contributed by atoms with Crippen LogP contribution in [0.4, 0.5) is 13.2 Å². The predicted molar refractivity (Wildman–Crippen MR) is 138 cm³/mol. The molecule has 2 saturated carbocycles. The number of aryl methyl sites for hydroxylation is 1. The van der Waals surface area contributed by atoms with Crippen LogP contribution in [-0.4, -0.2) is 62.6 Å². The van der Waals surface area contributed by atoms with Crippen molar-refractivity contribution in [1.82, 2.24) is 24.6 Å². The maximum Gasteiger partial charge on any atom is 0.435 e. The zero-order valence-corrected chi connectivity index (χ0v) is 22.9. The molecule has 38 heavy (non-hydrogen) atoms. The number of carbonyl (C=O) groups excluding carboxylic acids is 2. The molecule has 0 bridgehead atoms. The summed E-state index contributed by atoms with van der Waals surface area (Å²) >= 11 is 1.51. The molecule has 3 atom stereocenters. The lowest BCUT2D eigenvalue weighted by Gasteiger charge is -2.45. The fraction of sp³-hybridized carbons (Fsp3) is 0.704. The van der Waals surface area contributed by atoms with E-state index < -0.39 is 11.9 Å². The van der Waals surface area contributed by atoms with E-state index in [2.05, 4.69) is 5.10 Å². The molecule has 1 saturated heterocycles. The number of hydrogen-bond acceptors (Lipinski definition) is 5. The molecular weight excluding hydrogens is 515 g/mol. The number of alkyl halides is 3. The van der Waals surface area contributed by atoms with Crippen LogP contribution in [0.5, 0.6) is 0 Å². The summed E-state index contributed by atoms with van der Waals surface area (Å²) in [5, 5.41) is 6.36. The van der Waals surface area contributed by atoms with Crippen molar-refractivity contribution in [3.8, 4) is 0 Å². The maximum atomic E-state index is 13.4. The van der Waals surface area contributed by atoms with Crippen LogP contribution in [-0.2, 0) is 17.5 Å². The number of hydrogen-bond donors (Lipinski definition) is 0. The fourth-order valence-electron chi connectivity index (χ4n) is 6.70. The Morgan fingerprint density at radius 3 is 2.50 bits per heavy atom. The predicted octanol–water partition coefficient (Wildman–Crippen LogP) is 5.50. The highest BCUT2D eigenvalue weighted by molar-refractivity contribution is 7.09. The zero-order chi connectivity index (χ0) is 27.0. The maximum absolute atomic E-state index is 13.4. The molecule has 7 nitrogen and oxygen atoms in total. The highest BCUT2D eigenvalue weighted by Gasteiger charge is 2.39. The van der Waals surface area contributed by atoms with Gasteiger partial charge in [0.25, 0.3) is 5.91 Å². The average Bonchev–Trinajstić information content (AvgIpc) is 3.55. The molecule has 2 aromatic heterocycles. The first kappa shape index (κ1) is 27.1. The van der Waals surface area contributed by atoms with Crippen molar-refractivity contribution in [2.45, 2.75) is 89.4 Å². The zero-order valence-electron chi connectivity index (χ0n) is 22.0. The van der Waals surface area contributed by atoms with Gasteiger partial charge in [0, 0.05) is 43.2 Å². The van der Waals surface area contributed by atoms with Crippen LogP contribution in [0.25, 0.3) is 0 Å². The molecule has 3 heterocycles. The second-order valence-electron chi connectivity index (χ2n) is 11.2. The normalized spacial score (nSPS) is 24.8. The molecule has 3 unspecified atom stereocenters. The molecular formula is C27H36F3N5O2S. The van der Waals surface area contributed by atoms with Crippen LogP contribution in [0.3, 0.4) is 0 Å². The molecule has 2 aliphatic carbocycles. The van der Waals surface area contributed by atoms with E-state index >= 15 is 0 Å². The fourth-order valence-corrected chi connectivity index (χ4v) is 7.67. The van der Waals surface area contributed by atoms with Crippen molar-refractivity contribution in [1.29, 1.82) is 0 Å². The van der Waals surface area contributed by atoms with Crippen molar-refractivity contribution < 1.29 is 22.8 Å². The van der Waals surface area contributed by atoms with Gasteiger partial charge in [-0.05, 0) is 50.5 Å². The van der Waals surface area contributed by atoms with E-state index in [0.717, 1.165) is 28.1 Å². The number of carbonyl (C=O) groups is 2. The SMILES string of the molecule is Cc1cc(C(F)(F)F)nn1CC(=O)N1CCC(c2nc(C(=O)N(C)C3CCCC4CCCCC43)cs2)CC1. The molecule has 5 rings (SSSR count). The number of nitrogens with zero attached hydrogens (tertiary/aromatic N) is 5. The van der Waals surface area contributed by atoms with Crippen LogP contribution in [0.2, 0.25) is 0 Å². The summed E-state index contributed by atoms with van der Waals surface area (Å²) in [4.78, 5) is 34.5. The number of piperidine rings is 1. The second-order valence-corrected chi connectivity index (χ2v) is 12.1. The van der Waals surface area contributed by atoms with Gasteiger partial charge in [-0.15, -0.1) is 11.3 Å². The lowest BCUT2D eigenvalue weighted by Crippen LogP contribution is -2.47. The molecule has 11 heteroatoms. The largest absolute Gasteiger partial charge is 0.435 e. The van der Waals surface area contributed by atoms with E-state index in [4.69, 9.17) is 4.98 Å². The Labute approximate surface area is 225 Å². The smallest absolute Gasteiger partial charge is 0.341 e. The summed E-state index contributed by atoms with van der Waals surface area (Å²) in [6.07, 6.45) is 5.52. The number of fused-ring (bicyclic) bond motifs is 1. The highest BCUT2D eigenvalue weighted by Crippen LogP contribution is 2.42. The van der Waals surface area contributed by atoms with Gasteiger partial charge < -0.3 is 9.80 Å². The third-order valence-electron chi connectivity index (χ3n) is 8.85. The van der Waals surface area contributed by atoms with Gasteiger partial charge in [0.1, 0.15) is 12.2 Å². The van der Waals surface area contributed by atoms with Crippen LogP contribution >= 0.6 is 11.3 Å². The Morgan fingerprint density at radius 2 is 1.79 bits per heavy atom. The summed E-state index contributed by atoms with van der Waals surface area (Å²) in [6, 6.07) is 1.26. The minimum atomic E-state index is -4.53. The number of aromatic nitrogens is 3. The summed E-state index contributed by atoms with van der Waals surface area (Å²) in [7, 11) is 1.94. The molecule has 208 valence electrons. The number of amides is 2. The average molecular weight is 552 g/mol. The molecule has 3 aliphatic rings. The topological polar surface area (TPSA) is 71.3 Å². The first-order valence-electron chi connectivity index (χ1n) is 13.7. The quantitative estimate of drug-likeness (QED) is 0.492. The minimum absolute atomic E-state index is 0.00385. The van der Waals surface area contributed by atoms with Gasteiger partial charge >= 0.3 is 6.18 Å². The van der Waals surface area contributed by atoms with Crippen molar-refractivity contribution in [3.63, 3.8) is 0 Å². The monoisotopic (exact) mass is 551 g/mol. The van der Waals surface area contributed by atoms with Gasteiger partial charge in [-0.3, -0.25) is 14.3 Å². The third-order valence-corrected chi connectivity index (χ3v) is 9.86. The first-order valence-corrected chi connectivity index (χ1v) is 14.6. The van der Waals surface area contributed by atoms with Gasteiger partial charge in [0.05, 0.1) is 5.01 Å². The Kier molecular flexibility index (Phi) is 7.84. The Hall–Kier alpha value is -2.43. The number of halogens is 3. The first-order chi connectivity index (χ1) is 18.1. The van der Waals surface area contributed by atoms with Crippen LogP contribution in [0.15, 0.2) is 11.4 Å². The summed E-state index contributed by atoms with van der Waals surface area (Å²) in [6.45, 7) is 2.31. The van der Waals surface area contributed by atoms with Crippen molar-refractivity contribution >= 4 is 23.2 Å². The second kappa shape index (κ2) is 11.0. The lowest BCUT2D eigenvalue weighted by molar-refractivity contribution is -0.142. The molecule has 1 aliphatic heterocycles. The van der Waals surface area contributed by atoms with Crippen LogP contribution in [0.1, 0.15) is 90.6 Å².